The molecule has 90 valence electrons. The van der Waals surface area contributed by atoms with Gasteiger partial charge in [-0.2, -0.15) is 5.10 Å². The quantitative estimate of drug-likeness (QED) is 0.786. The van der Waals surface area contributed by atoms with Crippen LogP contribution in [0.1, 0.15) is 28.7 Å². The molecule has 0 spiro atoms. The van der Waals surface area contributed by atoms with Crippen molar-refractivity contribution in [1.82, 2.24) is 9.78 Å². The van der Waals surface area contributed by atoms with Crippen LogP contribution in [0.5, 0.6) is 0 Å². The van der Waals surface area contributed by atoms with E-state index in [-0.39, 0.29) is 17.4 Å². The van der Waals surface area contributed by atoms with Gasteiger partial charge in [0.05, 0.1) is 23.9 Å². The molecule has 2 heterocycles. The Kier molecular flexibility index (Phi) is 3.33. The monoisotopic (exact) mass is 252 g/mol. The molecule has 0 saturated carbocycles. The first-order valence-electron chi connectivity index (χ1n) is 5.39. The number of halogens is 1. The fourth-order valence-corrected chi connectivity index (χ4v) is 1.88. The van der Waals surface area contributed by atoms with Crippen molar-refractivity contribution in [3.8, 4) is 0 Å². The highest BCUT2D eigenvalue weighted by molar-refractivity contribution is 6.32. The van der Waals surface area contributed by atoms with Crippen LogP contribution in [0.15, 0.2) is 22.8 Å². The third-order valence-corrected chi connectivity index (χ3v) is 2.94. The van der Waals surface area contributed by atoms with Gasteiger partial charge in [0.25, 0.3) is 0 Å². The number of furan rings is 1. The summed E-state index contributed by atoms with van der Waals surface area (Å²) in [4.78, 5) is 12.0. The first kappa shape index (κ1) is 11.9. The number of nitrogens with zero attached hydrogens (tertiary/aromatic N) is 2. The minimum atomic E-state index is -0.0607. The number of Topliss-reactive ketones (excluding diaryl/α,β-unsaturated/α-hetero) is 1. The Bertz CT molecular complexity index is 542. The van der Waals surface area contributed by atoms with Gasteiger partial charge in [0.15, 0.2) is 5.78 Å². The molecule has 17 heavy (non-hydrogen) atoms. The second-order valence-electron chi connectivity index (χ2n) is 3.81. The summed E-state index contributed by atoms with van der Waals surface area (Å²) in [6.07, 6.45) is 2.55. The molecule has 0 atom stereocenters. The molecule has 2 aromatic rings. The summed E-state index contributed by atoms with van der Waals surface area (Å²) >= 11 is 5.76. The number of hydrogen-bond acceptors (Lipinski definition) is 3. The van der Waals surface area contributed by atoms with Gasteiger partial charge >= 0.3 is 0 Å². The van der Waals surface area contributed by atoms with E-state index in [0.717, 1.165) is 17.8 Å². The lowest BCUT2D eigenvalue weighted by Crippen LogP contribution is -2.07. The van der Waals surface area contributed by atoms with Gasteiger partial charge in [-0.25, -0.2) is 0 Å². The highest BCUT2D eigenvalue weighted by Gasteiger charge is 2.15. The van der Waals surface area contributed by atoms with Crippen LogP contribution in [0.3, 0.4) is 0 Å². The van der Waals surface area contributed by atoms with Gasteiger partial charge in [-0.3, -0.25) is 9.48 Å². The molecule has 2 rings (SSSR count). The molecule has 0 aromatic carbocycles. The van der Waals surface area contributed by atoms with E-state index in [9.17, 15) is 4.79 Å². The van der Waals surface area contributed by atoms with E-state index in [1.54, 1.807) is 10.7 Å². The molecule has 0 fully saturated rings. The Hall–Kier alpha value is -1.55. The fourth-order valence-electron chi connectivity index (χ4n) is 1.66. The molecule has 0 bridgehead atoms. The lowest BCUT2D eigenvalue weighted by atomic mass is 10.1. The predicted molar refractivity (Wildman–Crippen MR) is 64.3 cm³/mol. The van der Waals surface area contributed by atoms with Crippen molar-refractivity contribution < 1.29 is 9.21 Å². The molecule has 0 aliphatic rings. The minimum Gasteiger partial charge on any atom is -0.452 e. The topological polar surface area (TPSA) is 48.0 Å². The zero-order valence-corrected chi connectivity index (χ0v) is 10.5. The van der Waals surface area contributed by atoms with Gasteiger partial charge in [0.2, 0.25) is 5.22 Å². The lowest BCUT2D eigenvalue weighted by Gasteiger charge is -1.99. The van der Waals surface area contributed by atoms with Crippen LogP contribution in [-0.4, -0.2) is 15.6 Å². The highest BCUT2D eigenvalue weighted by Crippen LogP contribution is 2.19. The summed E-state index contributed by atoms with van der Waals surface area (Å²) in [5, 5.41) is 4.44. The van der Waals surface area contributed by atoms with Crippen LogP contribution >= 0.6 is 11.6 Å². The summed E-state index contributed by atoms with van der Waals surface area (Å²) in [7, 11) is 1.83. The summed E-state index contributed by atoms with van der Waals surface area (Å²) < 4.78 is 6.63. The van der Waals surface area contributed by atoms with Gasteiger partial charge in [-0.1, -0.05) is 6.92 Å². The van der Waals surface area contributed by atoms with E-state index < -0.39 is 0 Å². The number of hydrogen-bond donors (Lipinski definition) is 0. The Morgan fingerprint density at radius 1 is 1.59 bits per heavy atom. The molecule has 0 aliphatic heterocycles. The van der Waals surface area contributed by atoms with Crippen LogP contribution in [0.4, 0.5) is 0 Å². The molecule has 0 saturated heterocycles. The molecular formula is C12H13ClN2O2. The molecular weight excluding hydrogens is 240 g/mol. The Labute approximate surface area is 104 Å². The van der Waals surface area contributed by atoms with Crippen LogP contribution in [0.2, 0.25) is 5.22 Å². The SMILES string of the molecule is CCc1cc(CC(=O)c2ccoc2Cl)n(C)n1. The standard InChI is InChI=1S/C12H13ClN2O2/c1-3-8-6-9(15(2)14-8)7-11(16)10-4-5-17-12(10)13/h4-6H,3,7H2,1-2H3. The number of aryl methyl sites for hydroxylation is 2. The van der Waals surface area contributed by atoms with Crippen molar-refractivity contribution in [3.05, 3.63) is 40.6 Å². The van der Waals surface area contributed by atoms with E-state index in [4.69, 9.17) is 16.0 Å². The third-order valence-electron chi connectivity index (χ3n) is 2.65. The average Bonchev–Trinajstić information content (AvgIpc) is 2.86. The highest BCUT2D eigenvalue weighted by atomic mass is 35.5. The van der Waals surface area contributed by atoms with E-state index in [1.165, 1.54) is 6.26 Å². The molecule has 4 nitrogen and oxygen atoms in total. The number of ketones is 1. The summed E-state index contributed by atoms with van der Waals surface area (Å²) in [5.41, 5.74) is 2.28. The molecule has 0 unspecified atom stereocenters. The third kappa shape index (κ3) is 2.42. The van der Waals surface area contributed by atoms with Crippen LogP contribution in [-0.2, 0) is 19.9 Å². The zero-order valence-electron chi connectivity index (χ0n) is 9.74. The molecule has 0 aliphatic carbocycles. The number of rotatable bonds is 4. The second kappa shape index (κ2) is 4.75. The van der Waals surface area contributed by atoms with Gasteiger partial charge in [0, 0.05) is 12.7 Å². The van der Waals surface area contributed by atoms with Crippen LogP contribution in [0.25, 0.3) is 0 Å². The van der Waals surface area contributed by atoms with Crippen molar-refractivity contribution in [2.45, 2.75) is 19.8 Å². The minimum absolute atomic E-state index is 0.0607. The second-order valence-corrected chi connectivity index (χ2v) is 4.16. The van der Waals surface area contributed by atoms with Crippen molar-refractivity contribution in [1.29, 1.82) is 0 Å². The normalized spacial score (nSPS) is 10.8. The summed E-state index contributed by atoms with van der Waals surface area (Å²) in [5.74, 6) is -0.0607. The smallest absolute Gasteiger partial charge is 0.203 e. The van der Waals surface area contributed by atoms with E-state index in [0.29, 0.717) is 5.56 Å². The predicted octanol–water partition coefficient (Wildman–Crippen LogP) is 2.65. The maximum atomic E-state index is 12.0. The van der Waals surface area contributed by atoms with E-state index in [1.807, 2.05) is 20.0 Å². The first-order chi connectivity index (χ1) is 8.11. The molecule has 2 aromatic heterocycles. The van der Waals surface area contributed by atoms with E-state index >= 15 is 0 Å². The van der Waals surface area contributed by atoms with Gasteiger partial charge in [0.1, 0.15) is 0 Å². The Balaban J connectivity index is 2.18. The van der Waals surface area contributed by atoms with Crippen LogP contribution < -0.4 is 0 Å². The van der Waals surface area contributed by atoms with Gasteiger partial charge in [-0.05, 0) is 30.2 Å². The van der Waals surface area contributed by atoms with Crippen molar-refractivity contribution in [2.75, 3.05) is 0 Å². The average molecular weight is 253 g/mol. The Morgan fingerprint density at radius 3 is 2.88 bits per heavy atom. The Morgan fingerprint density at radius 2 is 2.35 bits per heavy atom. The van der Waals surface area contributed by atoms with Gasteiger partial charge in [-0.15, -0.1) is 0 Å². The molecule has 0 radical (unpaired) electrons. The zero-order chi connectivity index (χ0) is 12.4. The van der Waals surface area contributed by atoms with Crippen LogP contribution in [0, 0.1) is 0 Å². The van der Waals surface area contributed by atoms with Crippen molar-refractivity contribution in [3.63, 3.8) is 0 Å². The number of aromatic nitrogens is 2. The largest absolute Gasteiger partial charge is 0.452 e. The van der Waals surface area contributed by atoms with Gasteiger partial charge < -0.3 is 4.42 Å². The maximum Gasteiger partial charge on any atom is 0.203 e. The first-order valence-corrected chi connectivity index (χ1v) is 5.77. The lowest BCUT2D eigenvalue weighted by molar-refractivity contribution is 0.0990. The molecule has 0 amide bonds. The number of carbonyl (C=O) groups excluding carboxylic acids is 1. The van der Waals surface area contributed by atoms with Crippen molar-refractivity contribution in [2.24, 2.45) is 7.05 Å². The summed E-state index contributed by atoms with van der Waals surface area (Å²) in [6.45, 7) is 2.03. The fraction of sp³-hybridized carbons (Fsp3) is 0.333. The van der Waals surface area contributed by atoms with Crippen molar-refractivity contribution >= 4 is 17.4 Å². The van der Waals surface area contributed by atoms with E-state index in [2.05, 4.69) is 5.10 Å². The maximum absolute atomic E-state index is 12.0. The molecule has 0 N–H and O–H groups in total. The number of carbonyl (C=O) groups is 1. The summed E-state index contributed by atoms with van der Waals surface area (Å²) in [6, 6.07) is 3.52. The molecule has 5 heteroatoms.